The predicted molar refractivity (Wildman–Crippen MR) is 103 cm³/mol. The van der Waals surface area contributed by atoms with Gasteiger partial charge in [0.1, 0.15) is 12.1 Å². The largest absolute Gasteiger partial charge is 0.480 e. The Bertz CT molecular complexity index is 678. The summed E-state index contributed by atoms with van der Waals surface area (Å²) in [7, 11) is 0. The van der Waals surface area contributed by atoms with E-state index in [1.165, 1.54) is 19.4 Å². The molecular weight excluding hydrogens is 382 g/mol. The maximum absolute atomic E-state index is 12.4. The van der Waals surface area contributed by atoms with Crippen LogP contribution in [0, 0.1) is 0 Å². The maximum atomic E-state index is 12.4. The third-order valence-electron chi connectivity index (χ3n) is 4.03. The van der Waals surface area contributed by atoms with E-state index in [0.717, 1.165) is 0 Å². The van der Waals surface area contributed by atoms with Crippen molar-refractivity contribution in [2.45, 2.75) is 50.7 Å². The second-order valence-corrected chi connectivity index (χ2v) is 6.59. The van der Waals surface area contributed by atoms with Crippen molar-refractivity contribution in [3.05, 3.63) is 18.2 Å². The molecule has 1 heterocycles. The van der Waals surface area contributed by atoms with Gasteiger partial charge in [-0.05, 0) is 32.7 Å². The number of aromatic amines is 1. The summed E-state index contributed by atoms with van der Waals surface area (Å²) < 4.78 is 0. The molecule has 0 spiro atoms. The summed E-state index contributed by atoms with van der Waals surface area (Å²) in [5, 5.41) is 16.5. The SMILES string of the molecule is CC(N)C(=O)NC(CCCCN)C(=O)NCC(=O)NC(Cc1cnc[nH]1)C(=O)O. The maximum Gasteiger partial charge on any atom is 0.326 e. The van der Waals surface area contributed by atoms with Gasteiger partial charge in [-0.2, -0.15) is 0 Å². The van der Waals surface area contributed by atoms with Crippen LogP contribution in [-0.4, -0.2) is 70.0 Å². The Labute approximate surface area is 168 Å². The summed E-state index contributed by atoms with van der Waals surface area (Å²) in [6.45, 7) is 1.50. The lowest BCUT2D eigenvalue weighted by Gasteiger charge is -2.20. The van der Waals surface area contributed by atoms with E-state index in [2.05, 4.69) is 25.9 Å². The second-order valence-electron chi connectivity index (χ2n) is 6.59. The number of carboxylic acids is 1. The van der Waals surface area contributed by atoms with Crippen LogP contribution in [-0.2, 0) is 25.6 Å². The van der Waals surface area contributed by atoms with Crippen molar-refractivity contribution in [2.75, 3.05) is 13.1 Å². The third kappa shape index (κ3) is 9.17. The van der Waals surface area contributed by atoms with Gasteiger partial charge < -0.3 is 37.5 Å². The molecule has 1 aromatic heterocycles. The van der Waals surface area contributed by atoms with Crippen molar-refractivity contribution < 1.29 is 24.3 Å². The molecule has 162 valence electrons. The van der Waals surface area contributed by atoms with E-state index >= 15 is 0 Å². The van der Waals surface area contributed by atoms with E-state index in [9.17, 15) is 24.3 Å². The van der Waals surface area contributed by atoms with Crippen molar-refractivity contribution in [1.29, 1.82) is 0 Å². The van der Waals surface area contributed by atoms with Crippen molar-refractivity contribution in [1.82, 2.24) is 25.9 Å². The number of nitrogens with one attached hydrogen (secondary N) is 4. The Morgan fingerprint density at radius 2 is 1.90 bits per heavy atom. The fourth-order valence-corrected chi connectivity index (χ4v) is 2.42. The Hall–Kier alpha value is -2.99. The lowest BCUT2D eigenvalue weighted by Crippen LogP contribution is -2.53. The van der Waals surface area contributed by atoms with Crippen molar-refractivity contribution >= 4 is 23.7 Å². The molecule has 29 heavy (non-hydrogen) atoms. The zero-order chi connectivity index (χ0) is 21.8. The van der Waals surface area contributed by atoms with Crippen LogP contribution in [0.3, 0.4) is 0 Å². The minimum Gasteiger partial charge on any atom is -0.480 e. The number of nitrogens with two attached hydrogens (primary N) is 2. The number of imidazole rings is 1. The molecule has 3 atom stereocenters. The van der Waals surface area contributed by atoms with Crippen molar-refractivity contribution in [3.8, 4) is 0 Å². The average molecular weight is 411 g/mol. The molecule has 0 saturated heterocycles. The van der Waals surface area contributed by atoms with Crippen molar-refractivity contribution in [2.24, 2.45) is 11.5 Å². The lowest BCUT2D eigenvalue weighted by atomic mass is 10.1. The zero-order valence-corrected chi connectivity index (χ0v) is 16.3. The molecule has 0 saturated carbocycles. The number of unbranched alkanes of at least 4 members (excludes halogenated alkanes) is 1. The summed E-state index contributed by atoms with van der Waals surface area (Å²) in [5.74, 6) is -2.95. The van der Waals surface area contributed by atoms with E-state index < -0.39 is 48.4 Å². The first-order valence-corrected chi connectivity index (χ1v) is 9.27. The first kappa shape index (κ1) is 24.0. The number of hydrogen-bond donors (Lipinski definition) is 7. The van der Waals surface area contributed by atoms with Crippen LogP contribution in [0.1, 0.15) is 31.9 Å². The van der Waals surface area contributed by atoms with Gasteiger partial charge in [-0.25, -0.2) is 9.78 Å². The molecule has 0 aliphatic rings. The monoisotopic (exact) mass is 411 g/mol. The van der Waals surface area contributed by atoms with Crippen LogP contribution in [0.15, 0.2) is 12.5 Å². The summed E-state index contributed by atoms with van der Waals surface area (Å²) in [6, 6.07) is -2.84. The average Bonchev–Trinajstić information content (AvgIpc) is 3.17. The Morgan fingerprint density at radius 1 is 1.17 bits per heavy atom. The molecule has 0 aliphatic carbocycles. The molecule has 3 unspecified atom stereocenters. The van der Waals surface area contributed by atoms with Gasteiger partial charge in [-0.15, -0.1) is 0 Å². The molecule has 3 amide bonds. The number of aromatic nitrogens is 2. The van der Waals surface area contributed by atoms with Crippen molar-refractivity contribution in [3.63, 3.8) is 0 Å². The second kappa shape index (κ2) is 12.5. The topological polar surface area (TPSA) is 205 Å². The van der Waals surface area contributed by atoms with Gasteiger partial charge in [0.05, 0.1) is 18.9 Å². The molecule has 12 heteroatoms. The van der Waals surface area contributed by atoms with Gasteiger partial charge in [0, 0.05) is 18.3 Å². The van der Waals surface area contributed by atoms with Gasteiger partial charge in [-0.3, -0.25) is 14.4 Å². The standard InChI is InChI=1S/C17H29N7O5/c1-10(19)15(26)24-12(4-2-3-5-18)16(27)21-8-14(25)23-13(17(28)29)6-11-7-20-9-22-11/h7,9-10,12-13H,2-6,8,18-19H2,1H3,(H,20,22)(H,21,27)(H,23,25)(H,24,26)(H,28,29). The molecule has 12 nitrogen and oxygen atoms in total. The molecule has 0 radical (unpaired) electrons. The quantitative estimate of drug-likeness (QED) is 0.174. The number of H-pyrrole nitrogens is 1. The molecule has 9 N–H and O–H groups in total. The summed E-state index contributed by atoms with van der Waals surface area (Å²) in [6.07, 6.45) is 4.48. The van der Waals surface area contributed by atoms with E-state index in [1.54, 1.807) is 0 Å². The van der Waals surface area contributed by atoms with Gasteiger partial charge in [0.15, 0.2) is 0 Å². The number of carbonyl (C=O) groups is 4. The van der Waals surface area contributed by atoms with E-state index in [1.807, 2.05) is 0 Å². The summed E-state index contributed by atoms with van der Waals surface area (Å²) >= 11 is 0. The first-order valence-electron chi connectivity index (χ1n) is 9.27. The molecule has 0 aromatic carbocycles. The first-order chi connectivity index (χ1) is 13.7. The van der Waals surface area contributed by atoms with Gasteiger partial charge >= 0.3 is 5.97 Å². The molecule has 1 aromatic rings. The van der Waals surface area contributed by atoms with Crippen LogP contribution < -0.4 is 27.4 Å². The predicted octanol–water partition coefficient (Wildman–Crippen LogP) is -2.40. The molecule has 0 bridgehead atoms. The number of nitrogens with zero attached hydrogens (tertiary/aromatic N) is 1. The highest BCUT2D eigenvalue weighted by molar-refractivity contribution is 5.92. The van der Waals surface area contributed by atoms with Gasteiger partial charge in [0.2, 0.25) is 17.7 Å². The number of carboxylic acid groups (broad SMARTS) is 1. The minimum absolute atomic E-state index is 0.0151. The Balaban J connectivity index is 2.58. The zero-order valence-electron chi connectivity index (χ0n) is 16.3. The molecule has 1 rings (SSSR count). The fraction of sp³-hybridized carbons (Fsp3) is 0.588. The highest BCUT2D eigenvalue weighted by atomic mass is 16.4. The highest BCUT2D eigenvalue weighted by Gasteiger charge is 2.24. The fourth-order valence-electron chi connectivity index (χ4n) is 2.42. The van der Waals surface area contributed by atoms with E-state index in [-0.39, 0.29) is 6.42 Å². The molecular formula is C17H29N7O5. The van der Waals surface area contributed by atoms with Crippen LogP contribution in [0.4, 0.5) is 0 Å². The number of carbonyl (C=O) groups excluding carboxylic acids is 3. The molecule has 0 aliphatic heterocycles. The smallest absolute Gasteiger partial charge is 0.326 e. The number of amides is 3. The number of hydrogen-bond acceptors (Lipinski definition) is 7. The summed E-state index contributed by atoms with van der Waals surface area (Å²) in [4.78, 5) is 54.1. The van der Waals surface area contributed by atoms with Gasteiger partial charge in [-0.1, -0.05) is 0 Å². The third-order valence-corrected chi connectivity index (χ3v) is 4.03. The normalized spacial score (nSPS) is 13.8. The van der Waals surface area contributed by atoms with Crippen LogP contribution in [0.5, 0.6) is 0 Å². The number of aliphatic carboxylic acids is 1. The minimum atomic E-state index is -1.22. The van der Waals surface area contributed by atoms with Crippen LogP contribution >= 0.6 is 0 Å². The van der Waals surface area contributed by atoms with Crippen LogP contribution in [0.2, 0.25) is 0 Å². The molecule has 0 fully saturated rings. The highest BCUT2D eigenvalue weighted by Crippen LogP contribution is 2.02. The van der Waals surface area contributed by atoms with E-state index in [4.69, 9.17) is 11.5 Å². The van der Waals surface area contributed by atoms with Crippen LogP contribution in [0.25, 0.3) is 0 Å². The lowest BCUT2D eigenvalue weighted by molar-refractivity contribution is -0.141. The Kier molecular flexibility index (Phi) is 10.3. The summed E-state index contributed by atoms with van der Waals surface area (Å²) in [5.41, 5.74) is 11.5. The Morgan fingerprint density at radius 3 is 2.45 bits per heavy atom. The van der Waals surface area contributed by atoms with E-state index in [0.29, 0.717) is 31.5 Å². The van der Waals surface area contributed by atoms with Gasteiger partial charge in [0.25, 0.3) is 0 Å². The number of rotatable bonds is 13.